The molecule has 3 aromatic heterocycles. The van der Waals surface area contributed by atoms with Crippen molar-refractivity contribution in [1.29, 1.82) is 0 Å². The van der Waals surface area contributed by atoms with Crippen molar-refractivity contribution in [3.63, 3.8) is 0 Å². The van der Waals surface area contributed by atoms with Crippen molar-refractivity contribution in [1.82, 2.24) is 24.6 Å². The molecule has 1 fully saturated rings. The van der Waals surface area contributed by atoms with Crippen molar-refractivity contribution in [2.24, 2.45) is 0 Å². The summed E-state index contributed by atoms with van der Waals surface area (Å²) in [5.41, 5.74) is 4.08. The summed E-state index contributed by atoms with van der Waals surface area (Å²) in [6.07, 6.45) is -1.11. The first-order valence-corrected chi connectivity index (χ1v) is 13.2. The van der Waals surface area contributed by atoms with Crippen LogP contribution in [0.5, 0.6) is 11.5 Å². The highest BCUT2D eigenvalue weighted by molar-refractivity contribution is 6.05. The minimum Gasteiger partial charge on any atom is -0.454 e. The van der Waals surface area contributed by atoms with Gasteiger partial charge in [-0.2, -0.15) is 18.3 Å². The van der Waals surface area contributed by atoms with E-state index in [0.29, 0.717) is 38.1 Å². The van der Waals surface area contributed by atoms with Crippen LogP contribution in [0.4, 0.5) is 33.5 Å². The van der Waals surface area contributed by atoms with Gasteiger partial charge in [0, 0.05) is 43.3 Å². The number of hydrogen-bond acceptors (Lipinski definition) is 8. The second kappa shape index (κ2) is 12.3. The third-order valence-corrected chi connectivity index (χ3v) is 6.86. The minimum atomic E-state index is -5.10. The van der Waals surface area contributed by atoms with Gasteiger partial charge in [-0.3, -0.25) is 9.69 Å². The van der Waals surface area contributed by atoms with Gasteiger partial charge in [0.2, 0.25) is 0 Å². The summed E-state index contributed by atoms with van der Waals surface area (Å²) in [4.78, 5) is 22.8. The van der Waals surface area contributed by atoms with Gasteiger partial charge in [-0.05, 0) is 36.8 Å². The fourth-order valence-corrected chi connectivity index (χ4v) is 4.68. The summed E-state index contributed by atoms with van der Waals surface area (Å²) in [7, 11) is 0. The molecule has 1 aromatic carbocycles. The van der Waals surface area contributed by atoms with Crippen molar-refractivity contribution in [3.8, 4) is 17.3 Å². The molecule has 3 N–H and O–H groups in total. The zero-order valence-corrected chi connectivity index (χ0v) is 22.7. The van der Waals surface area contributed by atoms with Gasteiger partial charge in [0.05, 0.1) is 30.5 Å². The number of anilines is 2. The van der Waals surface area contributed by atoms with Gasteiger partial charge >= 0.3 is 6.18 Å². The molecule has 0 unspecified atom stereocenters. The van der Waals surface area contributed by atoms with Crippen molar-refractivity contribution < 1.29 is 36.2 Å². The number of nitrogens with zero attached hydrogens (tertiary/aromatic N) is 5. The Morgan fingerprint density at radius 1 is 1.14 bits per heavy atom. The molecule has 43 heavy (non-hydrogen) atoms. The number of pyridine rings is 2. The number of halogens is 5. The van der Waals surface area contributed by atoms with Gasteiger partial charge in [0.1, 0.15) is 11.6 Å². The molecule has 10 nitrogen and oxygen atoms in total. The first-order valence-electron chi connectivity index (χ1n) is 13.2. The molecule has 226 valence electrons. The molecule has 1 amide bonds. The molecule has 5 rings (SSSR count). The van der Waals surface area contributed by atoms with E-state index in [2.05, 4.69) is 25.3 Å². The maximum Gasteiger partial charge on any atom is 0.434 e. The number of amides is 1. The van der Waals surface area contributed by atoms with E-state index in [1.165, 1.54) is 24.4 Å². The third-order valence-electron chi connectivity index (χ3n) is 6.86. The summed E-state index contributed by atoms with van der Waals surface area (Å²) in [6, 6.07) is 7.17. The van der Waals surface area contributed by atoms with E-state index < -0.39 is 40.8 Å². The van der Waals surface area contributed by atoms with Crippen LogP contribution in [0.15, 0.2) is 55.0 Å². The third kappa shape index (κ3) is 6.41. The highest BCUT2D eigenvalue weighted by atomic mass is 19.4. The Balaban J connectivity index is 1.36. The molecule has 1 atom stereocenters. The Bertz CT molecular complexity index is 1630. The smallest absolute Gasteiger partial charge is 0.434 e. The average molecular weight is 604 g/mol. The van der Waals surface area contributed by atoms with Crippen molar-refractivity contribution in [2.75, 3.05) is 30.8 Å². The standard InChI is InChI=1S/C28H26F5N7O3/c1-2-17-15-42-11-10-39(17)14-19-22(7-9-35-25(19)34)43-23-6-5-16(12-21(23)30)38-27(41)18-13-37-40(24(18)28(31,32)33)26-20(29)4-3-8-36-26/h3-9,12-13,17H,2,10-11,14-15H2,1H3,(H2,34,35)(H,38,41)/t17-/m0/s1. The summed E-state index contributed by atoms with van der Waals surface area (Å²) < 4.78 is 82.7. The highest BCUT2D eigenvalue weighted by Crippen LogP contribution is 2.35. The van der Waals surface area contributed by atoms with Crippen LogP contribution in [0.2, 0.25) is 0 Å². The number of rotatable bonds is 8. The summed E-state index contributed by atoms with van der Waals surface area (Å²) in [5, 5.41) is 5.75. The Labute approximate surface area is 242 Å². The number of hydrogen-bond donors (Lipinski definition) is 2. The number of nitrogens with two attached hydrogens (primary N) is 1. The van der Waals surface area contributed by atoms with Crippen LogP contribution in [0.25, 0.3) is 5.82 Å². The number of nitrogen functional groups attached to an aromatic ring is 1. The number of morpholine rings is 1. The first-order chi connectivity index (χ1) is 20.6. The van der Waals surface area contributed by atoms with Crippen LogP contribution in [-0.4, -0.2) is 56.4 Å². The van der Waals surface area contributed by atoms with E-state index >= 15 is 4.39 Å². The van der Waals surface area contributed by atoms with E-state index in [-0.39, 0.29) is 33.7 Å². The largest absolute Gasteiger partial charge is 0.454 e. The van der Waals surface area contributed by atoms with Crippen LogP contribution in [-0.2, 0) is 17.5 Å². The molecule has 0 aliphatic carbocycles. The number of carbonyl (C=O) groups excluding carboxylic acids is 1. The molecule has 0 radical (unpaired) electrons. The van der Waals surface area contributed by atoms with Crippen molar-refractivity contribution in [2.45, 2.75) is 32.1 Å². The molecular formula is C28H26F5N7O3. The van der Waals surface area contributed by atoms with Crippen molar-refractivity contribution in [3.05, 3.63) is 83.4 Å². The van der Waals surface area contributed by atoms with E-state index in [9.17, 15) is 22.4 Å². The normalized spacial score (nSPS) is 15.8. The van der Waals surface area contributed by atoms with Crippen LogP contribution < -0.4 is 15.8 Å². The topological polar surface area (TPSA) is 120 Å². The molecule has 4 heterocycles. The molecular weight excluding hydrogens is 577 g/mol. The molecule has 1 saturated heterocycles. The number of aromatic nitrogens is 4. The van der Waals surface area contributed by atoms with Crippen molar-refractivity contribution >= 4 is 17.4 Å². The molecule has 0 spiro atoms. The molecule has 15 heteroatoms. The molecule has 1 aliphatic rings. The lowest BCUT2D eigenvalue weighted by atomic mass is 10.1. The lowest BCUT2D eigenvalue weighted by Gasteiger charge is -2.35. The second-order valence-electron chi connectivity index (χ2n) is 9.61. The van der Waals surface area contributed by atoms with E-state index in [0.717, 1.165) is 24.8 Å². The lowest BCUT2D eigenvalue weighted by molar-refractivity contribution is -0.143. The first kappa shape index (κ1) is 29.8. The molecule has 0 saturated carbocycles. The van der Waals surface area contributed by atoms with Gasteiger partial charge < -0.3 is 20.5 Å². The van der Waals surface area contributed by atoms with Crippen LogP contribution in [0, 0.1) is 11.6 Å². The highest BCUT2D eigenvalue weighted by Gasteiger charge is 2.41. The molecule has 1 aliphatic heterocycles. The Hall–Kier alpha value is -4.63. The predicted octanol–water partition coefficient (Wildman–Crippen LogP) is 5.20. The maximum atomic E-state index is 15.1. The van der Waals surface area contributed by atoms with Gasteiger partial charge in [-0.15, -0.1) is 0 Å². The van der Waals surface area contributed by atoms with Crippen LogP contribution in [0.3, 0.4) is 0 Å². The predicted molar refractivity (Wildman–Crippen MR) is 145 cm³/mol. The summed E-state index contributed by atoms with van der Waals surface area (Å²) in [5.74, 6) is -3.69. The Morgan fingerprint density at radius 2 is 1.95 bits per heavy atom. The van der Waals surface area contributed by atoms with Gasteiger partial charge in [-0.25, -0.2) is 23.4 Å². The molecule has 4 aromatic rings. The summed E-state index contributed by atoms with van der Waals surface area (Å²) in [6.45, 7) is 4.23. The van der Waals surface area contributed by atoms with E-state index in [4.69, 9.17) is 15.2 Å². The van der Waals surface area contributed by atoms with Gasteiger partial charge in [-0.1, -0.05) is 6.92 Å². The second-order valence-corrected chi connectivity index (χ2v) is 9.61. The zero-order chi connectivity index (χ0) is 30.7. The minimum absolute atomic E-state index is 0.159. The number of ether oxygens (including phenoxy) is 2. The van der Waals surface area contributed by atoms with Gasteiger partial charge in [0.25, 0.3) is 5.91 Å². The van der Waals surface area contributed by atoms with E-state index in [1.54, 1.807) is 6.07 Å². The van der Waals surface area contributed by atoms with Crippen LogP contribution >= 0.6 is 0 Å². The van der Waals surface area contributed by atoms with E-state index in [1.807, 2.05) is 6.92 Å². The monoisotopic (exact) mass is 603 g/mol. The van der Waals surface area contributed by atoms with Gasteiger partial charge in [0.15, 0.2) is 28.9 Å². The van der Waals surface area contributed by atoms with Crippen LogP contribution in [0.1, 0.15) is 35.0 Å². The quantitative estimate of drug-likeness (QED) is 0.264. The number of carbonyl (C=O) groups is 1. The molecule has 0 bridgehead atoms. The average Bonchev–Trinajstić information content (AvgIpc) is 3.43. The lowest BCUT2D eigenvalue weighted by Crippen LogP contribution is -2.44. The summed E-state index contributed by atoms with van der Waals surface area (Å²) >= 11 is 0. The fourth-order valence-electron chi connectivity index (χ4n) is 4.68. The number of benzene rings is 1. The maximum absolute atomic E-state index is 15.1. The zero-order valence-electron chi connectivity index (χ0n) is 22.7. The fraction of sp³-hybridized carbons (Fsp3) is 0.286. The Morgan fingerprint density at radius 3 is 2.67 bits per heavy atom. The number of alkyl halides is 3. The number of nitrogens with one attached hydrogen (secondary N) is 1. The SMILES string of the molecule is CC[C@H]1COCCN1Cc1c(Oc2ccc(NC(=O)c3cnn(-c4ncccc4F)c3C(F)(F)F)cc2F)ccnc1N. The Kier molecular flexibility index (Phi) is 8.54.